The second-order valence-electron chi connectivity index (χ2n) is 7.20. The van der Waals surface area contributed by atoms with Gasteiger partial charge in [-0.2, -0.15) is 5.26 Å². The van der Waals surface area contributed by atoms with Gasteiger partial charge in [-0.1, -0.05) is 45.0 Å². The standard InChI is InChI=1S/C20H22N2O3S/c1-14-8-9-17(20(2,3)4)13-18(14)26(24,25)22-19(23)16-7-5-6-15(12-16)10-11-21/h5-9,12-13H,10H2,1-4H3,(H,22,23). The van der Waals surface area contributed by atoms with Gasteiger partial charge in [0.1, 0.15) is 0 Å². The summed E-state index contributed by atoms with van der Waals surface area (Å²) < 4.78 is 27.6. The minimum atomic E-state index is -4.01. The molecule has 2 rings (SSSR count). The number of sulfonamides is 1. The van der Waals surface area contributed by atoms with Gasteiger partial charge in [0.05, 0.1) is 17.4 Å². The number of nitriles is 1. The summed E-state index contributed by atoms with van der Waals surface area (Å²) in [6.07, 6.45) is 0.153. The van der Waals surface area contributed by atoms with Crippen LogP contribution in [-0.2, 0) is 21.9 Å². The Bertz CT molecular complexity index is 981. The van der Waals surface area contributed by atoms with Crippen LogP contribution in [0.25, 0.3) is 0 Å². The van der Waals surface area contributed by atoms with Crippen molar-refractivity contribution in [2.24, 2.45) is 0 Å². The lowest BCUT2D eigenvalue weighted by molar-refractivity contribution is 0.0981. The number of benzene rings is 2. The summed E-state index contributed by atoms with van der Waals surface area (Å²) >= 11 is 0. The van der Waals surface area contributed by atoms with Crippen LogP contribution in [0, 0.1) is 18.3 Å². The van der Waals surface area contributed by atoms with E-state index in [1.807, 2.05) is 32.9 Å². The lowest BCUT2D eigenvalue weighted by Crippen LogP contribution is -2.31. The molecule has 0 bridgehead atoms. The van der Waals surface area contributed by atoms with Crippen molar-refractivity contribution in [3.05, 3.63) is 64.7 Å². The fourth-order valence-electron chi connectivity index (χ4n) is 2.51. The Morgan fingerprint density at radius 2 is 1.85 bits per heavy atom. The SMILES string of the molecule is Cc1ccc(C(C)(C)C)cc1S(=O)(=O)NC(=O)c1cccc(CC#N)c1. The van der Waals surface area contributed by atoms with Gasteiger partial charge < -0.3 is 0 Å². The van der Waals surface area contributed by atoms with Crippen LogP contribution in [-0.4, -0.2) is 14.3 Å². The number of rotatable bonds is 4. The summed E-state index contributed by atoms with van der Waals surface area (Å²) in [5.41, 5.74) is 2.08. The van der Waals surface area contributed by atoms with E-state index in [1.165, 1.54) is 12.1 Å². The molecule has 1 amide bonds. The van der Waals surface area contributed by atoms with Crippen molar-refractivity contribution in [3.63, 3.8) is 0 Å². The number of nitrogens with one attached hydrogen (secondary N) is 1. The maximum atomic E-state index is 12.7. The smallest absolute Gasteiger partial charge is 0.265 e. The number of carbonyl (C=O) groups is 1. The molecular formula is C20H22N2O3S. The summed E-state index contributed by atoms with van der Waals surface area (Å²) in [5, 5.41) is 8.76. The monoisotopic (exact) mass is 370 g/mol. The number of aryl methyl sites for hydroxylation is 1. The molecule has 1 N–H and O–H groups in total. The average molecular weight is 370 g/mol. The maximum Gasteiger partial charge on any atom is 0.265 e. The second-order valence-corrected chi connectivity index (χ2v) is 8.85. The molecule has 2 aromatic rings. The van der Waals surface area contributed by atoms with E-state index in [4.69, 9.17) is 5.26 Å². The molecule has 0 radical (unpaired) electrons. The van der Waals surface area contributed by atoms with E-state index in [0.717, 1.165) is 5.56 Å². The van der Waals surface area contributed by atoms with E-state index in [1.54, 1.807) is 31.2 Å². The van der Waals surface area contributed by atoms with Gasteiger partial charge in [-0.05, 0) is 47.2 Å². The minimum absolute atomic E-state index is 0.0893. The highest BCUT2D eigenvalue weighted by Gasteiger charge is 2.23. The Kier molecular flexibility index (Phi) is 5.53. The summed E-state index contributed by atoms with van der Waals surface area (Å²) in [6.45, 7) is 7.67. The lowest BCUT2D eigenvalue weighted by atomic mass is 9.87. The quantitative estimate of drug-likeness (QED) is 0.892. The van der Waals surface area contributed by atoms with Gasteiger partial charge in [0.15, 0.2) is 0 Å². The van der Waals surface area contributed by atoms with Crippen molar-refractivity contribution in [2.75, 3.05) is 0 Å². The molecule has 0 saturated heterocycles. The fourth-order valence-corrected chi connectivity index (χ4v) is 3.75. The number of hydrogen-bond acceptors (Lipinski definition) is 4. The first-order valence-corrected chi connectivity index (χ1v) is 9.67. The molecule has 26 heavy (non-hydrogen) atoms. The van der Waals surface area contributed by atoms with E-state index < -0.39 is 15.9 Å². The van der Waals surface area contributed by atoms with Crippen molar-refractivity contribution in [1.29, 1.82) is 5.26 Å². The van der Waals surface area contributed by atoms with Crippen LogP contribution in [0.4, 0.5) is 0 Å². The van der Waals surface area contributed by atoms with Crippen molar-refractivity contribution in [3.8, 4) is 6.07 Å². The number of hydrogen-bond donors (Lipinski definition) is 1. The van der Waals surface area contributed by atoms with E-state index >= 15 is 0 Å². The van der Waals surface area contributed by atoms with Crippen LogP contribution in [0.15, 0.2) is 47.4 Å². The third-order valence-corrected chi connectivity index (χ3v) is 5.52. The van der Waals surface area contributed by atoms with Gasteiger partial charge in [0, 0.05) is 5.56 Å². The largest absolute Gasteiger partial charge is 0.268 e. The van der Waals surface area contributed by atoms with Crippen molar-refractivity contribution in [1.82, 2.24) is 4.72 Å². The summed E-state index contributed by atoms with van der Waals surface area (Å²) in [4.78, 5) is 12.5. The molecule has 0 saturated carbocycles. The summed E-state index contributed by atoms with van der Waals surface area (Å²) in [5.74, 6) is -0.717. The molecule has 0 spiro atoms. The summed E-state index contributed by atoms with van der Waals surface area (Å²) in [6, 6.07) is 13.6. The Balaban J connectivity index is 2.36. The van der Waals surface area contributed by atoms with Crippen LogP contribution in [0.5, 0.6) is 0 Å². The molecule has 2 aromatic carbocycles. The van der Waals surface area contributed by atoms with Gasteiger partial charge in [0.2, 0.25) is 0 Å². The zero-order chi connectivity index (χ0) is 19.5. The fraction of sp³-hybridized carbons (Fsp3) is 0.300. The zero-order valence-corrected chi connectivity index (χ0v) is 16.1. The molecule has 0 unspecified atom stereocenters. The average Bonchev–Trinajstić information content (AvgIpc) is 2.54. The molecule has 5 nitrogen and oxygen atoms in total. The number of nitrogens with zero attached hydrogens (tertiary/aromatic N) is 1. The third-order valence-electron chi connectivity index (χ3n) is 4.04. The molecule has 0 heterocycles. The molecule has 0 aliphatic carbocycles. The predicted octanol–water partition coefficient (Wildman–Crippen LogP) is 3.48. The normalized spacial score (nSPS) is 11.7. The molecule has 6 heteroatoms. The maximum absolute atomic E-state index is 12.7. The van der Waals surface area contributed by atoms with Gasteiger partial charge >= 0.3 is 0 Å². The second kappa shape index (κ2) is 7.30. The molecule has 0 aromatic heterocycles. The summed E-state index contributed by atoms with van der Waals surface area (Å²) in [7, 11) is -4.01. The van der Waals surface area contributed by atoms with Gasteiger partial charge in [-0.25, -0.2) is 13.1 Å². The Hall–Kier alpha value is -2.65. The first-order chi connectivity index (χ1) is 12.0. The number of carbonyl (C=O) groups excluding carboxylic acids is 1. The van der Waals surface area contributed by atoms with Crippen molar-refractivity contribution >= 4 is 15.9 Å². The number of amides is 1. The lowest BCUT2D eigenvalue weighted by Gasteiger charge is -2.21. The van der Waals surface area contributed by atoms with Crippen molar-refractivity contribution < 1.29 is 13.2 Å². The molecule has 136 valence electrons. The molecular weight excluding hydrogens is 348 g/mol. The van der Waals surface area contributed by atoms with Crippen LogP contribution in [0.1, 0.15) is 47.8 Å². The highest BCUT2D eigenvalue weighted by atomic mass is 32.2. The van der Waals surface area contributed by atoms with E-state index in [9.17, 15) is 13.2 Å². The van der Waals surface area contributed by atoms with Crippen LogP contribution in [0.2, 0.25) is 0 Å². The first kappa shape index (κ1) is 19.7. The molecule has 0 aliphatic rings. The minimum Gasteiger partial charge on any atom is -0.268 e. The van der Waals surface area contributed by atoms with Gasteiger partial charge in [-0.15, -0.1) is 0 Å². The zero-order valence-electron chi connectivity index (χ0n) is 15.3. The molecule has 0 atom stereocenters. The van der Waals surface area contributed by atoms with Crippen LogP contribution in [0.3, 0.4) is 0 Å². The van der Waals surface area contributed by atoms with Crippen molar-refractivity contribution in [2.45, 2.75) is 44.4 Å². The first-order valence-electron chi connectivity index (χ1n) is 8.19. The van der Waals surface area contributed by atoms with Gasteiger partial charge in [0.25, 0.3) is 15.9 Å². The predicted molar refractivity (Wildman–Crippen MR) is 100 cm³/mol. The highest BCUT2D eigenvalue weighted by molar-refractivity contribution is 7.90. The molecule has 0 aliphatic heterocycles. The third kappa shape index (κ3) is 4.50. The van der Waals surface area contributed by atoms with Crippen LogP contribution >= 0.6 is 0 Å². The van der Waals surface area contributed by atoms with E-state index in [2.05, 4.69) is 4.72 Å². The molecule has 0 fully saturated rings. The Morgan fingerprint density at radius 3 is 2.46 bits per heavy atom. The van der Waals surface area contributed by atoms with Crippen LogP contribution < -0.4 is 4.72 Å². The van der Waals surface area contributed by atoms with E-state index in [0.29, 0.717) is 11.1 Å². The van der Waals surface area contributed by atoms with E-state index in [-0.39, 0.29) is 22.3 Å². The van der Waals surface area contributed by atoms with Gasteiger partial charge in [-0.3, -0.25) is 4.79 Å². The Labute approximate surface area is 154 Å². The topological polar surface area (TPSA) is 87.0 Å². The highest BCUT2D eigenvalue weighted by Crippen LogP contribution is 2.26. The Morgan fingerprint density at radius 1 is 1.15 bits per heavy atom.